The lowest BCUT2D eigenvalue weighted by atomic mass is 10.1. The smallest absolute Gasteiger partial charge is 0.224 e. The van der Waals surface area contributed by atoms with Crippen LogP contribution in [0, 0.1) is 6.92 Å². The first-order valence-electron chi connectivity index (χ1n) is 10.4. The number of fused-ring (bicyclic) bond motifs is 1. The fraction of sp³-hybridized carbons (Fsp3) is 0.200. The van der Waals surface area contributed by atoms with Crippen LogP contribution in [0.3, 0.4) is 0 Å². The Kier molecular flexibility index (Phi) is 6.10. The lowest BCUT2D eigenvalue weighted by molar-refractivity contribution is -0.116. The van der Waals surface area contributed by atoms with E-state index in [0.29, 0.717) is 36.0 Å². The minimum Gasteiger partial charge on any atom is -0.326 e. The van der Waals surface area contributed by atoms with Crippen molar-refractivity contribution < 1.29 is 13.2 Å². The fourth-order valence-electron chi connectivity index (χ4n) is 3.61. The highest BCUT2D eigenvalue weighted by molar-refractivity contribution is 7.91. The zero-order valence-electron chi connectivity index (χ0n) is 18.1. The summed E-state index contributed by atoms with van der Waals surface area (Å²) in [6.07, 6.45) is 3.82. The molecule has 1 N–H and O–H groups in total. The number of rotatable bonds is 7. The van der Waals surface area contributed by atoms with Crippen molar-refractivity contribution >= 4 is 32.3 Å². The van der Waals surface area contributed by atoms with E-state index in [1.807, 2.05) is 61.5 Å². The second-order valence-electron chi connectivity index (χ2n) is 8.03. The van der Waals surface area contributed by atoms with Crippen LogP contribution in [0.2, 0.25) is 0 Å². The van der Waals surface area contributed by atoms with Gasteiger partial charge in [-0.05, 0) is 36.6 Å². The maximum Gasteiger partial charge on any atom is 0.224 e. The number of hydrogen-bond acceptors (Lipinski definition) is 4. The third kappa shape index (κ3) is 5.23. The molecule has 1 aromatic heterocycles. The molecule has 0 unspecified atom stereocenters. The van der Waals surface area contributed by atoms with Crippen LogP contribution in [0.4, 0.5) is 5.69 Å². The summed E-state index contributed by atoms with van der Waals surface area (Å²) < 4.78 is 26.6. The first-order chi connectivity index (χ1) is 15.3. The maximum atomic E-state index is 12.5. The molecule has 1 amide bonds. The summed E-state index contributed by atoms with van der Waals surface area (Å²) in [7, 11) is -3.51. The molecule has 32 heavy (non-hydrogen) atoms. The normalized spacial score (nSPS) is 11.6. The van der Waals surface area contributed by atoms with Gasteiger partial charge in [-0.1, -0.05) is 60.2 Å². The molecular formula is C25H25N3O3S. The molecule has 1 heterocycles. The maximum absolute atomic E-state index is 12.5. The van der Waals surface area contributed by atoms with Gasteiger partial charge in [0.05, 0.1) is 17.0 Å². The molecule has 0 saturated heterocycles. The van der Waals surface area contributed by atoms with Crippen LogP contribution >= 0.6 is 0 Å². The Bertz CT molecular complexity index is 1360. The van der Waals surface area contributed by atoms with Crippen LogP contribution in [-0.4, -0.2) is 30.4 Å². The van der Waals surface area contributed by atoms with Gasteiger partial charge in [0.15, 0.2) is 9.84 Å². The second-order valence-corrected chi connectivity index (χ2v) is 10.0. The molecule has 0 spiro atoms. The summed E-state index contributed by atoms with van der Waals surface area (Å²) in [6.45, 7) is 2.55. The number of sulfone groups is 1. The number of amides is 1. The van der Waals surface area contributed by atoms with Crippen molar-refractivity contribution in [1.29, 1.82) is 0 Å². The monoisotopic (exact) mass is 447 g/mol. The van der Waals surface area contributed by atoms with Crippen molar-refractivity contribution in [3.05, 3.63) is 89.6 Å². The lowest BCUT2D eigenvalue weighted by Crippen LogP contribution is -2.13. The summed E-state index contributed by atoms with van der Waals surface area (Å²) >= 11 is 0. The van der Waals surface area contributed by atoms with Gasteiger partial charge in [-0.25, -0.2) is 8.42 Å². The summed E-state index contributed by atoms with van der Waals surface area (Å²) in [6, 6.07) is 21.1. The number of nitrogens with zero attached hydrogens (tertiary/aromatic N) is 2. The van der Waals surface area contributed by atoms with Gasteiger partial charge in [0, 0.05) is 29.9 Å². The highest BCUT2D eigenvalue weighted by Gasteiger charge is 2.17. The number of anilines is 1. The molecule has 7 heteroatoms. The summed E-state index contributed by atoms with van der Waals surface area (Å²) in [4.78, 5) is 12.6. The van der Waals surface area contributed by atoms with Crippen molar-refractivity contribution in [2.45, 2.75) is 31.2 Å². The van der Waals surface area contributed by atoms with Gasteiger partial charge in [-0.3, -0.25) is 9.48 Å². The molecule has 0 bridgehead atoms. The Balaban J connectivity index is 1.59. The molecule has 0 radical (unpaired) electrons. The molecule has 0 atom stereocenters. The third-order valence-corrected chi connectivity index (χ3v) is 6.40. The van der Waals surface area contributed by atoms with Crippen LogP contribution in [0.15, 0.2) is 77.8 Å². The van der Waals surface area contributed by atoms with Crippen molar-refractivity contribution in [2.24, 2.45) is 0 Å². The van der Waals surface area contributed by atoms with E-state index >= 15 is 0 Å². The predicted molar refractivity (Wildman–Crippen MR) is 127 cm³/mol. The molecule has 0 saturated carbocycles. The molecule has 4 rings (SSSR count). The number of nitrogens with one attached hydrogen (secondary N) is 1. The van der Waals surface area contributed by atoms with Crippen molar-refractivity contribution in [3.63, 3.8) is 0 Å². The molecule has 0 aliphatic heterocycles. The highest BCUT2D eigenvalue weighted by Crippen LogP contribution is 2.27. The van der Waals surface area contributed by atoms with Crippen molar-refractivity contribution in [1.82, 2.24) is 9.78 Å². The van der Waals surface area contributed by atoms with Crippen molar-refractivity contribution in [2.75, 3.05) is 11.6 Å². The van der Waals surface area contributed by atoms with Crippen LogP contribution in [0.5, 0.6) is 0 Å². The van der Waals surface area contributed by atoms with E-state index in [2.05, 4.69) is 10.4 Å². The molecule has 0 aliphatic carbocycles. The quantitative estimate of drug-likeness (QED) is 0.456. The fourth-order valence-corrected chi connectivity index (χ4v) is 4.50. The summed E-state index contributed by atoms with van der Waals surface area (Å²) in [5, 5.41) is 7.94. The van der Waals surface area contributed by atoms with E-state index < -0.39 is 9.84 Å². The Morgan fingerprint density at radius 2 is 1.72 bits per heavy atom. The van der Waals surface area contributed by atoms with Crippen LogP contribution in [-0.2, 0) is 27.6 Å². The van der Waals surface area contributed by atoms with Gasteiger partial charge in [-0.15, -0.1) is 0 Å². The zero-order valence-corrected chi connectivity index (χ0v) is 18.9. The van der Waals surface area contributed by atoms with Gasteiger partial charge in [0.25, 0.3) is 0 Å². The molecule has 3 aromatic carbocycles. The number of carbonyl (C=O) groups excluding carboxylic acids is 1. The Labute approximate surface area is 187 Å². The predicted octanol–water partition coefficient (Wildman–Crippen LogP) is 4.37. The van der Waals surface area contributed by atoms with E-state index in [-0.39, 0.29) is 10.8 Å². The lowest BCUT2D eigenvalue weighted by Gasteiger charge is -2.08. The first-order valence-corrected chi connectivity index (χ1v) is 12.3. The molecule has 0 aliphatic rings. The number of aromatic nitrogens is 2. The Hall–Kier alpha value is -3.45. The molecule has 4 aromatic rings. The number of carbonyl (C=O) groups is 1. The minimum atomic E-state index is -3.51. The molecule has 0 fully saturated rings. The average Bonchev–Trinajstić information content (AvgIpc) is 3.15. The van der Waals surface area contributed by atoms with Crippen LogP contribution < -0.4 is 5.32 Å². The minimum absolute atomic E-state index is 0.156. The number of benzene rings is 3. The first kappa shape index (κ1) is 21.8. The average molecular weight is 448 g/mol. The summed E-state index contributed by atoms with van der Waals surface area (Å²) in [5.74, 6) is -0.174. The van der Waals surface area contributed by atoms with Crippen LogP contribution in [0.25, 0.3) is 10.9 Å². The van der Waals surface area contributed by atoms with E-state index in [9.17, 15) is 13.2 Å². The van der Waals surface area contributed by atoms with E-state index in [1.165, 1.54) is 17.9 Å². The standard InChI is InChI=1S/C25H25N3O3S/c1-18-8-10-20(11-9-18)16-28-17-22-23(27-28)14-21(15-24(22)32(2,30)31)26-25(29)13-12-19-6-4-3-5-7-19/h3-11,14-15,17H,12-13,16H2,1-2H3,(H,26,29). The van der Waals surface area contributed by atoms with Gasteiger partial charge in [0.2, 0.25) is 5.91 Å². The van der Waals surface area contributed by atoms with E-state index in [1.54, 1.807) is 16.9 Å². The molecule has 6 nitrogen and oxygen atoms in total. The van der Waals surface area contributed by atoms with Gasteiger partial charge in [0.1, 0.15) is 0 Å². The van der Waals surface area contributed by atoms with Crippen molar-refractivity contribution in [3.8, 4) is 0 Å². The number of hydrogen-bond donors (Lipinski definition) is 1. The van der Waals surface area contributed by atoms with Crippen LogP contribution in [0.1, 0.15) is 23.1 Å². The van der Waals surface area contributed by atoms with E-state index in [0.717, 1.165) is 11.1 Å². The largest absolute Gasteiger partial charge is 0.326 e. The highest BCUT2D eigenvalue weighted by atomic mass is 32.2. The van der Waals surface area contributed by atoms with E-state index in [4.69, 9.17) is 0 Å². The SMILES string of the molecule is Cc1ccc(Cn2cc3c(S(C)(=O)=O)cc(NC(=O)CCc4ccccc4)cc3n2)cc1. The van der Waals surface area contributed by atoms with Gasteiger partial charge < -0.3 is 5.32 Å². The van der Waals surface area contributed by atoms with Gasteiger partial charge >= 0.3 is 0 Å². The third-order valence-electron chi connectivity index (χ3n) is 5.27. The summed E-state index contributed by atoms with van der Waals surface area (Å²) in [5.41, 5.74) is 4.27. The molecular weight excluding hydrogens is 422 g/mol. The molecule has 164 valence electrons. The zero-order chi connectivity index (χ0) is 22.7. The second kappa shape index (κ2) is 8.96. The topological polar surface area (TPSA) is 81.1 Å². The Morgan fingerprint density at radius 3 is 2.41 bits per heavy atom. The van der Waals surface area contributed by atoms with Gasteiger partial charge in [-0.2, -0.15) is 5.10 Å². The number of aryl methyl sites for hydroxylation is 2. The Morgan fingerprint density at radius 1 is 1.00 bits per heavy atom.